The Balaban J connectivity index is 1.69. The van der Waals surface area contributed by atoms with Crippen LogP contribution in [0.25, 0.3) is 0 Å². The van der Waals surface area contributed by atoms with Crippen molar-refractivity contribution in [2.75, 3.05) is 34.5 Å². The summed E-state index contributed by atoms with van der Waals surface area (Å²) in [6, 6.07) is 19.8. The van der Waals surface area contributed by atoms with E-state index in [4.69, 9.17) is 38.5 Å². The van der Waals surface area contributed by atoms with E-state index in [9.17, 15) is 9.59 Å². The van der Waals surface area contributed by atoms with Crippen LogP contribution in [0.3, 0.4) is 0 Å². The van der Waals surface area contributed by atoms with E-state index in [-0.39, 0.29) is 31.9 Å². The van der Waals surface area contributed by atoms with Gasteiger partial charge in [0.15, 0.2) is 23.1 Å². The molecule has 0 bridgehead atoms. The zero-order valence-electron chi connectivity index (χ0n) is 28.3. The number of benzene rings is 3. The summed E-state index contributed by atoms with van der Waals surface area (Å²) in [5.74, 6) is 1.58. The second kappa shape index (κ2) is 16.3. The molecule has 1 amide bonds. The van der Waals surface area contributed by atoms with Crippen LogP contribution in [0.4, 0.5) is 0 Å². The molecule has 3 N–H and O–H groups in total. The summed E-state index contributed by atoms with van der Waals surface area (Å²) in [4.78, 5) is 32.3. The van der Waals surface area contributed by atoms with E-state index in [2.05, 4.69) is 10.9 Å². The second-order valence-corrected chi connectivity index (χ2v) is 12.1. The first kappa shape index (κ1) is 36.0. The largest absolute Gasteiger partial charge is 0.497 e. The van der Waals surface area contributed by atoms with E-state index in [0.717, 1.165) is 5.56 Å². The average Bonchev–Trinajstić information content (AvgIpc) is 3.48. The summed E-state index contributed by atoms with van der Waals surface area (Å²) in [7, 11) is 4.67. The number of hydrogen-bond acceptors (Lipinski definition) is 11. The molecule has 3 aromatic carbocycles. The summed E-state index contributed by atoms with van der Waals surface area (Å²) < 4.78 is 34.0. The van der Waals surface area contributed by atoms with Crippen LogP contribution in [0.15, 0.2) is 71.7 Å². The van der Waals surface area contributed by atoms with Crippen LogP contribution in [0.5, 0.6) is 23.0 Å². The molecule has 0 spiro atoms. The number of hydrogen-bond donors (Lipinski definition) is 3. The fourth-order valence-electron chi connectivity index (χ4n) is 5.19. The molecule has 48 heavy (non-hydrogen) atoms. The molecule has 2 atom stereocenters. The molecule has 0 aliphatic carbocycles. The molecular weight excluding hydrogens is 618 g/mol. The van der Waals surface area contributed by atoms with Gasteiger partial charge in [0, 0.05) is 31.6 Å². The molecule has 4 rings (SSSR count). The predicted molar refractivity (Wildman–Crippen MR) is 179 cm³/mol. The molecule has 3 aromatic rings. The van der Waals surface area contributed by atoms with Crippen molar-refractivity contribution in [1.82, 2.24) is 10.9 Å². The molecule has 0 saturated heterocycles. The number of ether oxygens (including phenoxy) is 6. The minimum absolute atomic E-state index is 0.0144. The highest BCUT2D eigenvalue weighted by Gasteiger charge is 2.53. The standard InChI is InChI=1S/C36H45N3O9/c1-35(2,3)48-31(41)17-18-36(34(42)39-37-23-24-11-16-29(44-5)30(21-24)45-6)32(26-9-7-10-28(22-26)43-4)47-33(38-36)25-12-14-27(15-13-25)46-20-8-19-40/h7,9-16,21-22,32,37,40H,8,17-20,23H2,1-6H3,(H,39,42)/t32-,36-/m0/s1. The van der Waals surface area contributed by atoms with Crippen molar-refractivity contribution in [1.29, 1.82) is 0 Å². The molecule has 0 fully saturated rings. The van der Waals surface area contributed by atoms with E-state index in [1.807, 2.05) is 12.1 Å². The van der Waals surface area contributed by atoms with E-state index in [1.54, 1.807) is 96.7 Å². The van der Waals surface area contributed by atoms with Crippen LogP contribution >= 0.6 is 0 Å². The maximum Gasteiger partial charge on any atom is 0.306 e. The Bertz CT molecular complexity index is 1570. The average molecular weight is 664 g/mol. The normalized spacial score (nSPS) is 17.1. The Morgan fingerprint density at radius 3 is 2.35 bits per heavy atom. The summed E-state index contributed by atoms with van der Waals surface area (Å²) in [6.45, 7) is 6.03. The molecule has 12 nitrogen and oxygen atoms in total. The molecule has 1 aliphatic rings. The van der Waals surface area contributed by atoms with Crippen LogP contribution < -0.4 is 29.8 Å². The molecular formula is C36H45N3O9. The van der Waals surface area contributed by atoms with Gasteiger partial charge in [-0.2, -0.15) is 0 Å². The fraction of sp³-hybridized carbons (Fsp3) is 0.417. The molecule has 258 valence electrons. The number of aliphatic imine (C=N–C) groups is 1. The van der Waals surface area contributed by atoms with Crippen molar-refractivity contribution >= 4 is 17.8 Å². The third-order valence-electron chi connectivity index (χ3n) is 7.50. The van der Waals surface area contributed by atoms with Crippen molar-refractivity contribution in [3.8, 4) is 23.0 Å². The Labute approximate surface area is 281 Å². The first-order chi connectivity index (χ1) is 23.0. The van der Waals surface area contributed by atoms with Crippen LogP contribution in [0.2, 0.25) is 0 Å². The van der Waals surface area contributed by atoms with Gasteiger partial charge in [-0.1, -0.05) is 18.2 Å². The van der Waals surface area contributed by atoms with Gasteiger partial charge in [-0.15, -0.1) is 0 Å². The smallest absolute Gasteiger partial charge is 0.306 e. The Morgan fingerprint density at radius 2 is 1.69 bits per heavy atom. The number of carbonyl (C=O) groups excluding carboxylic acids is 2. The van der Waals surface area contributed by atoms with E-state index >= 15 is 0 Å². The van der Waals surface area contributed by atoms with Crippen LogP contribution in [-0.4, -0.2) is 68.6 Å². The third kappa shape index (κ3) is 9.17. The van der Waals surface area contributed by atoms with Gasteiger partial charge in [-0.05, 0) is 86.8 Å². The molecule has 0 aromatic heterocycles. The van der Waals surface area contributed by atoms with E-state index in [1.165, 1.54) is 0 Å². The fourth-order valence-corrected chi connectivity index (χ4v) is 5.19. The quantitative estimate of drug-likeness (QED) is 0.112. The lowest BCUT2D eigenvalue weighted by Crippen LogP contribution is -2.52. The van der Waals surface area contributed by atoms with E-state index < -0.39 is 29.1 Å². The van der Waals surface area contributed by atoms with Gasteiger partial charge in [0.1, 0.15) is 17.1 Å². The summed E-state index contributed by atoms with van der Waals surface area (Å²) in [6.07, 6.45) is -0.527. The SMILES string of the molecule is COc1cccc([C@@H]2OC(c3ccc(OCCCO)cc3)=N[C@]2(CCC(=O)OC(C)(C)C)C(=O)NNCc2ccc(OC)c(OC)c2)c1. The van der Waals surface area contributed by atoms with Gasteiger partial charge in [0.25, 0.3) is 5.91 Å². The molecule has 12 heteroatoms. The first-order valence-electron chi connectivity index (χ1n) is 15.7. The zero-order valence-corrected chi connectivity index (χ0v) is 28.3. The van der Waals surface area contributed by atoms with Gasteiger partial charge in [0.05, 0.1) is 27.9 Å². The summed E-state index contributed by atoms with van der Waals surface area (Å²) in [5.41, 5.74) is 5.61. The lowest BCUT2D eigenvalue weighted by molar-refractivity contribution is -0.155. The topological polar surface area (TPSA) is 146 Å². The summed E-state index contributed by atoms with van der Waals surface area (Å²) in [5, 5.41) is 9.07. The summed E-state index contributed by atoms with van der Waals surface area (Å²) >= 11 is 0. The monoisotopic (exact) mass is 663 g/mol. The number of nitrogens with zero attached hydrogens (tertiary/aromatic N) is 1. The highest BCUT2D eigenvalue weighted by molar-refractivity contribution is 6.01. The molecule has 0 unspecified atom stereocenters. The number of carbonyl (C=O) groups is 2. The number of hydrazine groups is 1. The molecule has 1 aliphatic heterocycles. The van der Waals surface area contributed by atoms with Crippen LogP contribution in [0, 0.1) is 0 Å². The maximum absolute atomic E-state index is 14.4. The second-order valence-electron chi connectivity index (χ2n) is 12.1. The maximum atomic E-state index is 14.4. The van der Waals surface area contributed by atoms with E-state index in [0.29, 0.717) is 47.2 Å². The number of rotatable bonds is 16. The van der Waals surface area contributed by atoms with Gasteiger partial charge >= 0.3 is 5.97 Å². The van der Waals surface area contributed by atoms with Crippen molar-refractivity contribution < 1.29 is 43.1 Å². The van der Waals surface area contributed by atoms with Gasteiger partial charge < -0.3 is 33.5 Å². The minimum Gasteiger partial charge on any atom is -0.497 e. The lowest BCUT2D eigenvalue weighted by Gasteiger charge is -2.31. The number of amides is 1. The number of nitrogens with one attached hydrogen (secondary N) is 2. The van der Waals surface area contributed by atoms with Crippen LogP contribution in [-0.2, 0) is 25.6 Å². The number of esters is 1. The van der Waals surface area contributed by atoms with Crippen molar-refractivity contribution in [2.45, 2.75) is 63.8 Å². The number of aliphatic hydroxyl groups excluding tert-OH is 1. The highest BCUT2D eigenvalue weighted by atomic mass is 16.6. The highest BCUT2D eigenvalue weighted by Crippen LogP contribution is 2.44. The first-order valence-corrected chi connectivity index (χ1v) is 15.7. The van der Waals surface area contributed by atoms with Gasteiger partial charge in [-0.3, -0.25) is 15.0 Å². The number of aliphatic hydroxyl groups is 1. The van der Waals surface area contributed by atoms with Crippen LogP contribution in [0.1, 0.15) is 62.8 Å². The third-order valence-corrected chi connectivity index (χ3v) is 7.50. The molecule has 0 radical (unpaired) electrons. The van der Waals surface area contributed by atoms with Crippen molar-refractivity contribution in [3.05, 3.63) is 83.4 Å². The van der Waals surface area contributed by atoms with Crippen molar-refractivity contribution in [2.24, 2.45) is 4.99 Å². The Morgan fingerprint density at radius 1 is 0.938 bits per heavy atom. The minimum atomic E-state index is -1.58. The lowest BCUT2D eigenvalue weighted by atomic mass is 9.83. The Hall–Kier alpha value is -4.81. The number of methoxy groups -OCH3 is 3. The Kier molecular flexibility index (Phi) is 12.3. The zero-order chi connectivity index (χ0) is 34.7. The molecule has 0 saturated carbocycles. The van der Waals surface area contributed by atoms with Crippen molar-refractivity contribution in [3.63, 3.8) is 0 Å². The van der Waals surface area contributed by atoms with Gasteiger partial charge in [-0.25, -0.2) is 10.4 Å². The molecule has 1 heterocycles. The van der Waals surface area contributed by atoms with Gasteiger partial charge in [0.2, 0.25) is 5.90 Å². The predicted octanol–water partition coefficient (Wildman–Crippen LogP) is 4.67.